The van der Waals surface area contributed by atoms with Gasteiger partial charge in [-0.1, -0.05) is 24.3 Å². The Labute approximate surface area is 143 Å². The zero-order chi connectivity index (χ0) is 17.1. The van der Waals surface area contributed by atoms with Crippen LogP contribution in [0.3, 0.4) is 0 Å². The van der Waals surface area contributed by atoms with Crippen molar-refractivity contribution < 1.29 is 13.9 Å². The summed E-state index contributed by atoms with van der Waals surface area (Å²) in [5.41, 5.74) is 4.25. The van der Waals surface area contributed by atoms with Crippen molar-refractivity contribution in [2.24, 2.45) is 0 Å². The van der Waals surface area contributed by atoms with E-state index in [1.807, 2.05) is 30.3 Å². The molecule has 1 amide bonds. The highest BCUT2D eigenvalue weighted by Gasteiger charge is 2.21. The monoisotopic (exact) mass is 344 g/mol. The maximum atomic E-state index is 14.2. The third kappa shape index (κ3) is 3.11. The SMILES string of the molecule is COCc1c(C(=O)NN(C)c2ccccc2)sc2cccc(F)c12. The fraction of sp³-hybridized carbons (Fsp3) is 0.167. The second-order valence-corrected chi connectivity index (χ2v) is 6.34. The van der Waals surface area contributed by atoms with Crippen molar-refractivity contribution >= 4 is 33.0 Å². The molecule has 0 saturated heterocycles. The summed E-state index contributed by atoms with van der Waals surface area (Å²) >= 11 is 1.26. The Morgan fingerprint density at radius 2 is 1.96 bits per heavy atom. The van der Waals surface area contributed by atoms with Gasteiger partial charge in [-0.3, -0.25) is 15.2 Å². The van der Waals surface area contributed by atoms with Gasteiger partial charge in [0.2, 0.25) is 0 Å². The van der Waals surface area contributed by atoms with Crippen LogP contribution in [-0.4, -0.2) is 20.1 Å². The van der Waals surface area contributed by atoms with Gasteiger partial charge in [-0.25, -0.2) is 4.39 Å². The molecular formula is C18H17FN2O2S. The highest BCUT2D eigenvalue weighted by atomic mass is 32.1. The summed E-state index contributed by atoms with van der Waals surface area (Å²) in [4.78, 5) is 13.1. The molecule has 0 fully saturated rings. The predicted octanol–water partition coefficient (Wildman–Crippen LogP) is 3.97. The van der Waals surface area contributed by atoms with Gasteiger partial charge in [-0.05, 0) is 24.3 Å². The van der Waals surface area contributed by atoms with Crippen LogP contribution in [-0.2, 0) is 11.3 Å². The molecule has 3 aromatic rings. The van der Waals surface area contributed by atoms with Crippen LogP contribution in [0.25, 0.3) is 10.1 Å². The van der Waals surface area contributed by atoms with Gasteiger partial charge in [0.1, 0.15) is 10.7 Å². The van der Waals surface area contributed by atoms with Crippen molar-refractivity contribution in [3.63, 3.8) is 0 Å². The molecule has 6 heteroatoms. The molecular weight excluding hydrogens is 327 g/mol. The van der Waals surface area contributed by atoms with Crippen LogP contribution in [0.5, 0.6) is 0 Å². The Morgan fingerprint density at radius 1 is 1.21 bits per heavy atom. The minimum Gasteiger partial charge on any atom is -0.380 e. The van der Waals surface area contributed by atoms with Crippen LogP contribution < -0.4 is 10.4 Å². The number of rotatable bonds is 5. The number of anilines is 1. The standard InChI is InChI=1S/C18H17FN2O2S/c1-21(12-7-4-3-5-8-12)20-18(22)17-13(11-23-2)16-14(19)9-6-10-15(16)24-17/h3-10H,11H2,1-2H3,(H,20,22). The van der Waals surface area contributed by atoms with Crippen LogP contribution in [0.15, 0.2) is 48.5 Å². The Bertz CT molecular complexity index is 864. The maximum absolute atomic E-state index is 14.2. The Morgan fingerprint density at radius 3 is 2.67 bits per heavy atom. The average Bonchev–Trinajstić information content (AvgIpc) is 2.96. The Balaban J connectivity index is 1.95. The largest absolute Gasteiger partial charge is 0.380 e. The molecule has 0 atom stereocenters. The normalized spacial score (nSPS) is 10.8. The summed E-state index contributed by atoms with van der Waals surface area (Å²) in [6.45, 7) is 0.179. The number of nitrogens with one attached hydrogen (secondary N) is 1. The number of carbonyl (C=O) groups excluding carboxylic acids is 1. The molecule has 0 bridgehead atoms. The number of hydrogen-bond donors (Lipinski definition) is 1. The number of hydrogen-bond acceptors (Lipinski definition) is 4. The van der Waals surface area contributed by atoms with E-state index in [1.165, 1.54) is 24.5 Å². The number of fused-ring (bicyclic) bond motifs is 1. The number of hydrazine groups is 1. The van der Waals surface area contributed by atoms with E-state index in [9.17, 15) is 9.18 Å². The number of halogens is 1. The predicted molar refractivity (Wildman–Crippen MR) is 94.8 cm³/mol. The molecule has 4 nitrogen and oxygen atoms in total. The van der Waals surface area contributed by atoms with Crippen molar-refractivity contribution in [3.05, 3.63) is 64.8 Å². The number of ether oxygens (including phenoxy) is 1. The number of nitrogens with zero attached hydrogens (tertiary/aromatic N) is 1. The summed E-state index contributed by atoms with van der Waals surface area (Å²) < 4.78 is 20.1. The fourth-order valence-corrected chi connectivity index (χ4v) is 3.66. The van der Waals surface area contributed by atoms with E-state index < -0.39 is 0 Å². The molecule has 0 saturated carbocycles. The van der Waals surface area contributed by atoms with E-state index >= 15 is 0 Å². The van der Waals surface area contributed by atoms with Gasteiger partial charge in [0.15, 0.2) is 0 Å². The molecule has 0 aliphatic carbocycles. The van der Waals surface area contributed by atoms with E-state index in [4.69, 9.17) is 4.74 Å². The van der Waals surface area contributed by atoms with Crippen LogP contribution >= 0.6 is 11.3 Å². The zero-order valence-electron chi connectivity index (χ0n) is 13.4. The van der Waals surface area contributed by atoms with E-state index in [0.717, 1.165) is 10.4 Å². The summed E-state index contributed by atoms with van der Waals surface area (Å²) in [7, 11) is 3.29. The lowest BCUT2D eigenvalue weighted by atomic mass is 10.1. The molecule has 3 rings (SSSR count). The molecule has 2 aromatic carbocycles. The van der Waals surface area contributed by atoms with Crippen molar-refractivity contribution in [2.75, 3.05) is 19.2 Å². The van der Waals surface area contributed by atoms with E-state index in [-0.39, 0.29) is 18.3 Å². The van der Waals surface area contributed by atoms with Crippen molar-refractivity contribution in [2.45, 2.75) is 6.61 Å². The van der Waals surface area contributed by atoms with Crippen LogP contribution in [0.4, 0.5) is 10.1 Å². The highest BCUT2D eigenvalue weighted by molar-refractivity contribution is 7.21. The van der Waals surface area contributed by atoms with Gasteiger partial charge in [0.25, 0.3) is 5.91 Å². The first-order valence-electron chi connectivity index (χ1n) is 7.40. The van der Waals surface area contributed by atoms with E-state index in [2.05, 4.69) is 5.43 Å². The topological polar surface area (TPSA) is 41.6 Å². The van der Waals surface area contributed by atoms with Gasteiger partial charge in [0, 0.05) is 29.8 Å². The lowest BCUT2D eigenvalue weighted by molar-refractivity contribution is 0.0951. The van der Waals surface area contributed by atoms with E-state index in [1.54, 1.807) is 24.2 Å². The molecule has 0 spiro atoms. The molecule has 0 radical (unpaired) electrons. The molecule has 124 valence electrons. The molecule has 0 unspecified atom stereocenters. The molecule has 0 aliphatic rings. The first-order chi connectivity index (χ1) is 11.6. The number of benzene rings is 2. The molecule has 1 aromatic heterocycles. The van der Waals surface area contributed by atoms with Crippen LogP contribution in [0.1, 0.15) is 15.2 Å². The first-order valence-corrected chi connectivity index (χ1v) is 8.22. The summed E-state index contributed by atoms with van der Waals surface area (Å²) in [5, 5.41) is 2.09. The first kappa shape index (κ1) is 16.4. The molecule has 0 aliphatic heterocycles. The van der Waals surface area contributed by atoms with Gasteiger partial charge in [-0.2, -0.15) is 0 Å². The number of carbonyl (C=O) groups is 1. The van der Waals surface area contributed by atoms with Crippen molar-refractivity contribution in [3.8, 4) is 0 Å². The Kier molecular flexibility index (Phi) is 4.78. The molecule has 24 heavy (non-hydrogen) atoms. The summed E-state index contributed by atoms with van der Waals surface area (Å²) in [6.07, 6.45) is 0. The van der Waals surface area contributed by atoms with Gasteiger partial charge in [-0.15, -0.1) is 11.3 Å². The molecule has 1 heterocycles. The van der Waals surface area contributed by atoms with Crippen LogP contribution in [0.2, 0.25) is 0 Å². The quantitative estimate of drug-likeness (QED) is 0.712. The maximum Gasteiger partial charge on any atom is 0.280 e. The van der Waals surface area contributed by atoms with Gasteiger partial charge in [0.05, 0.1) is 12.3 Å². The number of thiophene rings is 1. The highest BCUT2D eigenvalue weighted by Crippen LogP contribution is 2.33. The third-order valence-electron chi connectivity index (χ3n) is 3.67. The molecule has 1 N–H and O–H groups in total. The summed E-state index contributed by atoms with van der Waals surface area (Å²) in [6, 6.07) is 14.3. The fourth-order valence-electron chi connectivity index (χ4n) is 2.55. The van der Waals surface area contributed by atoms with Crippen LogP contribution in [0, 0.1) is 5.82 Å². The summed E-state index contributed by atoms with van der Waals surface area (Å²) in [5.74, 6) is -0.625. The lowest BCUT2D eigenvalue weighted by Gasteiger charge is -2.20. The number of amides is 1. The van der Waals surface area contributed by atoms with E-state index in [0.29, 0.717) is 15.8 Å². The third-order valence-corrected chi connectivity index (χ3v) is 4.87. The average molecular weight is 344 g/mol. The minimum absolute atomic E-state index is 0.179. The Hall–Kier alpha value is -2.44. The number of para-hydroxylation sites is 1. The number of methoxy groups -OCH3 is 1. The smallest absolute Gasteiger partial charge is 0.280 e. The van der Waals surface area contributed by atoms with Crippen molar-refractivity contribution in [1.82, 2.24) is 5.43 Å². The minimum atomic E-state index is -0.341. The zero-order valence-corrected chi connectivity index (χ0v) is 14.2. The second-order valence-electron chi connectivity index (χ2n) is 5.29. The second kappa shape index (κ2) is 6.98. The van der Waals surface area contributed by atoms with Gasteiger partial charge < -0.3 is 4.74 Å². The van der Waals surface area contributed by atoms with Crippen molar-refractivity contribution in [1.29, 1.82) is 0 Å². The van der Waals surface area contributed by atoms with Gasteiger partial charge >= 0.3 is 0 Å². The lowest BCUT2D eigenvalue weighted by Crippen LogP contribution is -2.39.